The molecule has 0 bridgehead atoms. The van der Waals surface area contributed by atoms with Crippen molar-refractivity contribution < 1.29 is 5.11 Å². The van der Waals surface area contributed by atoms with Crippen molar-refractivity contribution in [2.24, 2.45) is 5.92 Å². The highest BCUT2D eigenvalue weighted by Crippen LogP contribution is 1.93. The van der Waals surface area contributed by atoms with Crippen molar-refractivity contribution in [2.45, 2.75) is 26.7 Å². The van der Waals surface area contributed by atoms with Crippen LogP contribution in [0.5, 0.6) is 0 Å². The number of hydrogen-bond acceptors (Lipinski definition) is 1. The van der Waals surface area contributed by atoms with E-state index in [2.05, 4.69) is 12.7 Å². The van der Waals surface area contributed by atoms with E-state index in [0.717, 1.165) is 12.8 Å². The van der Waals surface area contributed by atoms with E-state index in [1.54, 1.807) is 0 Å². The van der Waals surface area contributed by atoms with Crippen LogP contribution in [0.2, 0.25) is 0 Å². The molecule has 0 aliphatic rings. The second-order valence-electron chi connectivity index (χ2n) is 2.49. The molecule has 0 radical (unpaired) electrons. The van der Waals surface area contributed by atoms with Crippen molar-refractivity contribution in [3.05, 3.63) is 17.9 Å². The Balaban J connectivity index is 3.51. The van der Waals surface area contributed by atoms with Crippen LogP contribution in [-0.2, 0) is 0 Å². The van der Waals surface area contributed by atoms with Crippen LogP contribution in [0.25, 0.3) is 0 Å². The maximum Gasteiger partial charge on any atom is 0.0497 e. The van der Waals surface area contributed by atoms with E-state index < -0.39 is 0 Å². The van der Waals surface area contributed by atoms with Gasteiger partial charge in [-0.25, -0.2) is 0 Å². The predicted molar refractivity (Wildman–Crippen MR) is 43.8 cm³/mol. The molecule has 1 nitrogen and oxygen atoms in total. The summed E-state index contributed by atoms with van der Waals surface area (Å²) in [4.78, 5) is 0. The van der Waals surface area contributed by atoms with Gasteiger partial charge in [0.1, 0.15) is 0 Å². The Hall–Kier alpha value is -0.520. The van der Waals surface area contributed by atoms with Gasteiger partial charge in [0.15, 0.2) is 0 Å². The molecular weight excluding hydrogens is 124 g/mol. The van der Waals surface area contributed by atoms with Crippen molar-refractivity contribution in [1.82, 2.24) is 0 Å². The van der Waals surface area contributed by atoms with E-state index in [4.69, 9.17) is 5.11 Å². The van der Waals surface area contributed by atoms with Crippen LogP contribution in [0.4, 0.5) is 0 Å². The first-order chi connectivity index (χ1) is 4.81. The second kappa shape index (κ2) is 6.60. The number of rotatable bonds is 4. The number of aliphatic hydroxyl groups excluding tert-OH is 1. The van der Waals surface area contributed by atoms with Gasteiger partial charge in [-0.2, -0.15) is 0 Å². The maximum atomic E-state index is 8.61. The molecule has 0 aromatic carbocycles. The van der Waals surface area contributed by atoms with Crippen LogP contribution in [0.15, 0.2) is 17.9 Å². The Morgan fingerprint density at radius 1 is 1.60 bits per heavy atom. The average molecular weight is 140 g/mol. The number of unbranched alkanes of at least 4 members (excludes halogenated alkanes) is 1. The van der Waals surface area contributed by atoms with E-state index in [9.17, 15) is 0 Å². The standard InChI is InChI=1S/C9H16O/c1-3-4-5-6-7-9(2)8-10/h5,7,9-10H,3-4,8H2,1-2H3. The lowest BCUT2D eigenvalue weighted by Gasteiger charge is -1.93. The average Bonchev–Trinajstić information content (AvgIpc) is 1.98. The summed E-state index contributed by atoms with van der Waals surface area (Å²) in [7, 11) is 0. The van der Waals surface area contributed by atoms with Gasteiger partial charge in [-0.1, -0.05) is 20.3 Å². The van der Waals surface area contributed by atoms with Gasteiger partial charge in [0, 0.05) is 12.5 Å². The molecule has 1 unspecified atom stereocenters. The molecule has 1 N–H and O–H groups in total. The Morgan fingerprint density at radius 2 is 2.30 bits per heavy atom. The monoisotopic (exact) mass is 140 g/mol. The molecule has 0 aromatic rings. The first-order valence-corrected chi connectivity index (χ1v) is 3.83. The Bertz CT molecular complexity index is 121. The maximum absolute atomic E-state index is 8.61. The summed E-state index contributed by atoms with van der Waals surface area (Å²) in [6, 6.07) is 0. The molecule has 0 rings (SSSR count). The minimum Gasteiger partial charge on any atom is -0.396 e. The van der Waals surface area contributed by atoms with Crippen LogP contribution in [0.1, 0.15) is 26.7 Å². The van der Waals surface area contributed by atoms with E-state index in [-0.39, 0.29) is 12.5 Å². The second-order valence-corrected chi connectivity index (χ2v) is 2.49. The highest BCUT2D eigenvalue weighted by Gasteiger charge is 1.88. The van der Waals surface area contributed by atoms with E-state index in [1.807, 2.05) is 19.1 Å². The minimum absolute atomic E-state index is 0.215. The van der Waals surface area contributed by atoms with Gasteiger partial charge in [0.2, 0.25) is 0 Å². The van der Waals surface area contributed by atoms with Gasteiger partial charge in [-0.3, -0.25) is 0 Å². The SMILES string of the molecule is CCCC=C=CC(C)CO. The minimum atomic E-state index is 0.215. The van der Waals surface area contributed by atoms with Crippen LogP contribution >= 0.6 is 0 Å². The molecule has 1 heteroatoms. The predicted octanol–water partition coefficient (Wildman–Crippen LogP) is 2.13. The van der Waals surface area contributed by atoms with E-state index in [1.165, 1.54) is 0 Å². The molecule has 0 aromatic heterocycles. The Labute approximate surface area is 63.1 Å². The van der Waals surface area contributed by atoms with Crippen LogP contribution in [0.3, 0.4) is 0 Å². The van der Waals surface area contributed by atoms with Crippen molar-refractivity contribution >= 4 is 0 Å². The van der Waals surface area contributed by atoms with Crippen LogP contribution < -0.4 is 0 Å². The smallest absolute Gasteiger partial charge is 0.0497 e. The summed E-state index contributed by atoms with van der Waals surface area (Å²) >= 11 is 0. The molecule has 0 fully saturated rings. The molecule has 58 valence electrons. The molecule has 0 aliphatic heterocycles. The quantitative estimate of drug-likeness (QED) is 0.593. The Morgan fingerprint density at radius 3 is 2.80 bits per heavy atom. The van der Waals surface area contributed by atoms with Crippen molar-refractivity contribution in [2.75, 3.05) is 6.61 Å². The van der Waals surface area contributed by atoms with Crippen LogP contribution in [0, 0.1) is 5.92 Å². The fourth-order valence-electron chi connectivity index (χ4n) is 0.513. The third-order valence-corrected chi connectivity index (χ3v) is 1.22. The number of hydrogen-bond donors (Lipinski definition) is 1. The summed E-state index contributed by atoms with van der Waals surface area (Å²) in [6.45, 7) is 4.31. The zero-order valence-electron chi connectivity index (χ0n) is 6.80. The molecular formula is C9H16O. The molecule has 0 amide bonds. The molecule has 0 saturated carbocycles. The van der Waals surface area contributed by atoms with Crippen molar-refractivity contribution in [1.29, 1.82) is 0 Å². The van der Waals surface area contributed by atoms with Crippen molar-refractivity contribution in [3.63, 3.8) is 0 Å². The van der Waals surface area contributed by atoms with Gasteiger partial charge in [0.05, 0.1) is 0 Å². The third kappa shape index (κ3) is 5.61. The van der Waals surface area contributed by atoms with Gasteiger partial charge >= 0.3 is 0 Å². The fraction of sp³-hybridized carbons (Fsp3) is 0.667. The first-order valence-electron chi connectivity index (χ1n) is 3.83. The molecule has 1 atom stereocenters. The fourth-order valence-corrected chi connectivity index (χ4v) is 0.513. The topological polar surface area (TPSA) is 20.2 Å². The summed E-state index contributed by atoms with van der Waals surface area (Å²) in [5.74, 6) is 0.244. The molecule has 0 aliphatic carbocycles. The molecule has 0 saturated heterocycles. The highest BCUT2D eigenvalue weighted by atomic mass is 16.3. The summed E-state index contributed by atoms with van der Waals surface area (Å²) < 4.78 is 0. The Kier molecular flexibility index (Phi) is 6.25. The van der Waals surface area contributed by atoms with Crippen LogP contribution in [-0.4, -0.2) is 11.7 Å². The van der Waals surface area contributed by atoms with Gasteiger partial charge in [0.25, 0.3) is 0 Å². The van der Waals surface area contributed by atoms with E-state index >= 15 is 0 Å². The lowest BCUT2D eigenvalue weighted by atomic mass is 10.2. The van der Waals surface area contributed by atoms with Crippen molar-refractivity contribution in [3.8, 4) is 0 Å². The zero-order valence-corrected chi connectivity index (χ0v) is 6.80. The van der Waals surface area contributed by atoms with Gasteiger partial charge in [-0.15, -0.1) is 5.73 Å². The molecule has 0 heterocycles. The molecule has 0 spiro atoms. The number of aliphatic hydroxyl groups is 1. The third-order valence-electron chi connectivity index (χ3n) is 1.22. The first kappa shape index (κ1) is 9.48. The summed E-state index contributed by atoms with van der Waals surface area (Å²) in [6.07, 6.45) is 6.14. The van der Waals surface area contributed by atoms with Gasteiger partial charge in [-0.05, 0) is 18.6 Å². The molecule has 10 heavy (non-hydrogen) atoms. The highest BCUT2D eigenvalue weighted by molar-refractivity contribution is 4.87. The summed E-state index contributed by atoms with van der Waals surface area (Å²) in [5, 5.41) is 8.61. The van der Waals surface area contributed by atoms with E-state index in [0.29, 0.717) is 0 Å². The lowest BCUT2D eigenvalue weighted by molar-refractivity contribution is 0.262. The summed E-state index contributed by atoms with van der Waals surface area (Å²) in [5.41, 5.74) is 3.03. The zero-order chi connectivity index (χ0) is 7.82. The lowest BCUT2D eigenvalue weighted by Crippen LogP contribution is -1.93. The largest absolute Gasteiger partial charge is 0.396 e. The van der Waals surface area contributed by atoms with Gasteiger partial charge < -0.3 is 5.11 Å². The normalized spacial score (nSPS) is 11.9.